The number of hydrogen-bond acceptors (Lipinski definition) is 4. The molecule has 2 aromatic rings. The van der Waals surface area contributed by atoms with Gasteiger partial charge in [0.2, 0.25) is 5.95 Å². The van der Waals surface area contributed by atoms with Crippen molar-refractivity contribution in [1.29, 1.82) is 0 Å². The van der Waals surface area contributed by atoms with Gasteiger partial charge in [0.1, 0.15) is 5.69 Å². The van der Waals surface area contributed by atoms with Crippen LogP contribution >= 0.6 is 0 Å². The lowest BCUT2D eigenvalue weighted by atomic mass is 10.3. The number of aryl methyl sites for hydroxylation is 2. The molecule has 23 heavy (non-hydrogen) atoms. The predicted octanol–water partition coefficient (Wildman–Crippen LogP) is 1.56. The van der Waals surface area contributed by atoms with E-state index in [4.69, 9.17) is 0 Å². The molecule has 0 aliphatic rings. The van der Waals surface area contributed by atoms with Crippen molar-refractivity contribution in [2.45, 2.75) is 19.6 Å². The molecule has 0 bridgehead atoms. The van der Waals surface area contributed by atoms with Gasteiger partial charge in [-0.05, 0) is 6.92 Å². The van der Waals surface area contributed by atoms with E-state index in [1.165, 1.54) is 13.2 Å². The summed E-state index contributed by atoms with van der Waals surface area (Å²) < 4.78 is 53.0. The summed E-state index contributed by atoms with van der Waals surface area (Å²) in [6.07, 6.45) is -2.44. The van der Waals surface area contributed by atoms with E-state index >= 15 is 0 Å². The zero-order valence-corrected chi connectivity index (χ0v) is 12.1. The van der Waals surface area contributed by atoms with E-state index in [1.54, 1.807) is 6.92 Å². The highest BCUT2D eigenvalue weighted by Gasteiger charge is 2.35. The second kappa shape index (κ2) is 6.18. The number of halogens is 4. The molecule has 2 rings (SSSR count). The van der Waals surface area contributed by atoms with Crippen LogP contribution in [0.1, 0.15) is 28.7 Å². The van der Waals surface area contributed by atoms with Crippen molar-refractivity contribution in [3.05, 3.63) is 35.2 Å². The van der Waals surface area contributed by atoms with Crippen LogP contribution in [0.15, 0.2) is 17.4 Å². The molecular formula is C12H12F4N6O. The van der Waals surface area contributed by atoms with Crippen LogP contribution in [0, 0.1) is 5.95 Å². The quantitative estimate of drug-likeness (QED) is 0.524. The third-order valence-electron chi connectivity index (χ3n) is 2.87. The molecule has 0 fully saturated rings. The van der Waals surface area contributed by atoms with Gasteiger partial charge < -0.3 is 0 Å². The second-order valence-electron chi connectivity index (χ2n) is 4.44. The Hall–Kier alpha value is -2.72. The molecule has 0 radical (unpaired) electrons. The molecule has 7 nitrogen and oxygen atoms in total. The summed E-state index contributed by atoms with van der Waals surface area (Å²) >= 11 is 0. The van der Waals surface area contributed by atoms with Crippen molar-refractivity contribution in [2.75, 3.05) is 0 Å². The molecule has 1 N–H and O–H groups in total. The van der Waals surface area contributed by atoms with Gasteiger partial charge in [-0.1, -0.05) is 0 Å². The van der Waals surface area contributed by atoms with Crippen LogP contribution in [-0.2, 0) is 19.8 Å². The van der Waals surface area contributed by atoms with Crippen LogP contribution < -0.4 is 5.43 Å². The van der Waals surface area contributed by atoms with Gasteiger partial charge in [-0.15, -0.1) is 0 Å². The molecule has 11 heteroatoms. The lowest BCUT2D eigenvalue weighted by Crippen LogP contribution is -2.20. The van der Waals surface area contributed by atoms with E-state index in [0.717, 1.165) is 15.6 Å². The van der Waals surface area contributed by atoms with Gasteiger partial charge in [0, 0.05) is 19.7 Å². The SMILES string of the molecule is CCn1ncc(C=NNC(=O)c2cc(C(F)(F)F)nn2C)c1F. The number of rotatable bonds is 4. The molecule has 124 valence electrons. The first kappa shape index (κ1) is 16.6. The lowest BCUT2D eigenvalue weighted by Gasteiger charge is -1.99. The Morgan fingerprint density at radius 1 is 1.48 bits per heavy atom. The van der Waals surface area contributed by atoms with E-state index in [1.807, 2.05) is 5.43 Å². The minimum Gasteiger partial charge on any atom is -0.266 e. The summed E-state index contributed by atoms with van der Waals surface area (Å²) in [6.45, 7) is 2.01. The third-order valence-corrected chi connectivity index (χ3v) is 2.87. The standard InChI is InChI=1S/C12H12F4N6O/c1-3-22-10(13)7(6-18-22)5-17-19-11(23)8-4-9(12(14,15)16)20-21(8)2/h4-6H,3H2,1-2H3,(H,19,23). The summed E-state index contributed by atoms with van der Waals surface area (Å²) in [7, 11) is 1.19. The van der Waals surface area contributed by atoms with Gasteiger partial charge in [0.05, 0.1) is 18.0 Å². The number of nitrogens with zero attached hydrogens (tertiary/aromatic N) is 5. The number of hydrogen-bond donors (Lipinski definition) is 1. The van der Waals surface area contributed by atoms with Crippen LogP contribution in [-0.4, -0.2) is 31.7 Å². The number of alkyl halides is 3. The number of amides is 1. The first-order valence-electron chi connectivity index (χ1n) is 6.40. The van der Waals surface area contributed by atoms with Crippen molar-refractivity contribution in [3.8, 4) is 0 Å². The van der Waals surface area contributed by atoms with E-state index in [2.05, 4.69) is 15.3 Å². The van der Waals surface area contributed by atoms with Crippen molar-refractivity contribution in [2.24, 2.45) is 12.1 Å². The smallest absolute Gasteiger partial charge is 0.266 e. The van der Waals surface area contributed by atoms with Gasteiger partial charge in [-0.2, -0.15) is 32.9 Å². The zero-order valence-electron chi connectivity index (χ0n) is 12.1. The number of hydrazone groups is 1. The van der Waals surface area contributed by atoms with Crippen LogP contribution in [0.25, 0.3) is 0 Å². The molecule has 0 aliphatic heterocycles. The van der Waals surface area contributed by atoms with Gasteiger partial charge in [-0.25, -0.2) is 10.1 Å². The first-order chi connectivity index (χ1) is 10.7. The molecule has 1 amide bonds. The highest BCUT2D eigenvalue weighted by atomic mass is 19.4. The van der Waals surface area contributed by atoms with E-state index in [0.29, 0.717) is 12.6 Å². The van der Waals surface area contributed by atoms with Gasteiger partial charge in [-0.3, -0.25) is 9.48 Å². The molecular weight excluding hydrogens is 320 g/mol. The molecule has 0 aliphatic carbocycles. The van der Waals surface area contributed by atoms with Crippen molar-refractivity contribution in [3.63, 3.8) is 0 Å². The fourth-order valence-corrected chi connectivity index (χ4v) is 1.73. The largest absolute Gasteiger partial charge is 0.435 e. The summed E-state index contributed by atoms with van der Waals surface area (Å²) in [5.41, 5.74) is 0.517. The van der Waals surface area contributed by atoms with Gasteiger partial charge >= 0.3 is 6.18 Å². The maximum absolute atomic E-state index is 13.6. The minimum atomic E-state index is -4.66. The Morgan fingerprint density at radius 2 is 2.17 bits per heavy atom. The van der Waals surface area contributed by atoms with Crippen molar-refractivity contribution >= 4 is 12.1 Å². The maximum Gasteiger partial charge on any atom is 0.435 e. The average Bonchev–Trinajstić information content (AvgIpc) is 3.02. The fraction of sp³-hybridized carbons (Fsp3) is 0.333. The summed E-state index contributed by atoms with van der Waals surface area (Å²) in [5.74, 6) is -1.54. The van der Waals surface area contributed by atoms with Crippen LogP contribution in [0.2, 0.25) is 0 Å². The molecule has 0 saturated heterocycles. The minimum absolute atomic E-state index is 0.0353. The Labute approximate surface area is 127 Å². The second-order valence-corrected chi connectivity index (χ2v) is 4.44. The zero-order chi connectivity index (χ0) is 17.2. The monoisotopic (exact) mass is 332 g/mol. The van der Waals surface area contributed by atoms with Crippen molar-refractivity contribution < 1.29 is 22.4 Å². The first-order valence-corrected chi connectivity index (χ1v) is 6.40. The predicted molar refractivity (Wildman–Crippen MR) is 71.1 cm³/mol. The Balaban J connectivity index is 2.09. The Kier molecular flexibility index (Phi) is 4.48. The Bertz CT molecular complexity index is 745. The summed E-state index contributed by atoms with van der Waals surface area (Å²) in [4.78, 5) is 11.8. The maximum atomic E-state index is 13.6. The Morgan fingerprint density at radius 3 is 2.70 bits per heavy atom. The highest BCUT2D eigenvalue weighted by Crippen LogP contribution is 2.28. The van der Waals surface area contributed by atoms with Crippen LogP contribution in [0.4, 0.5) is 17.6 Å². The third kappa shape index (κ3) is 3.55. The van der Waals surface area contributed by atoms with Crippen LogP contribution in [0.5, 0.6) is 0 Å². The van der Waals surface area contributed by atoms with Crippen molar-refractivity contribution in [1.82, 2.24) is 25.0 Å². The molecule has 2 heterocycles. The van der Waals surface area contributed by atoms with E-state index < -0.39 is 23.7 Å². The summed E-state index contributed by atoms with van der Waals surface area (Å²) in [6, 6.07) is 0.598. The molecule has 0 aromatic carbocycles. The molecule has 0 spiro atoms. The number of carbonyl (C=O) groups is 1. The lowest BCUT2D eigenvalue weighted by molar-refractivity contribution is -0.141. The average molecular weight is 332 g/mol. The molecule has 2 aromatic heterocycles. The van der Waals surface area contributed by atoms with E-state index in [-0.39, 0.29) is 11.3 Å². The van der Waals surface area contributed by atoms with Gasteiger partial charge in [0.25, 0.3) is 5.91 Å². The number of carbonyl (C=O) groups excluding carboxylic acids is 1. The topological polar surface area (TPSA) is 77.1 Å². The number of aromatic nitrogens is 4. The van der Waals surface area contributed by atoms with E-state index in [9.17, 15) is 22.4 Å². The number of nitrogens with one attached hydrogen (secondary N) is 1. The molecule has 0 atom stereocenters. The highest BCUT2D eigenvalue weighted by molar-refractivity contribution is 5.93. The summed E-state index contributed by atoms with van der Waals surface area (Å²) in [5, 5.41) is 10.4. The molecule has 0 saturated carbocycles. The normalized spacial score (nSPS) is 12.1. The molecule has 0 unspecified atom stereocenters. The fourth-order valence-electron chi connectivity index (χ4n) is 1.73. The van der Waals surface area contributed by atoms with Gasteiger partial charge in [0.15, 0.2) is 5.69 Å². The van der Waals surface area contributed by atoms with Crippen LogP contribution in [0.3, 0.4) is 0 Å².